The maximum atomic E-state index is 0. The van der Waals surface area contributed by atoms with Gasteiger partial charge in [0.2, 0.25) is 0 Å². The summed E-state index contributed by atoms with van der Waals surface area (Å²) in [6, 6.07) is 0. The molecule has 0 heterocycles. The van der Waals surface area contributed by atoms with E-state index in [9.17, 15) is 0 Å². The second kappa shape index (κ2) is 18.2. The summed E-state index contributed by atoms with van der Waals surface area (Å²) in [7, 11) is 0. The molecular weight excluding hydrogens is 275 g/mol. The van der Waals surface area contributed by atoms with Crippen molar-refractivity contribution in [2.75, 3.05) is 0 Å². The predicted octanol–water partition coefficient (Wildman–Crippen LogP) is 0.841. The monoisotopic (exact) mass is 275 g/mol. The maximum Gasteiger partial charge on any atom is 0 e. The molecule has 0 aromatic heterocycles. The van der Waals surface area contributed by atoms with Gasteiger partial charge in [-0.2, -0.15) is 0 Å². The molecule has 0 saturated carbocycles. The third kappa shape index (κ3) is 8.83. The normalized spacial score (nSPS) is 0. The van der Waals surface area contributed by atoms with Crippen LogP contribution in [-0.2, 0) is 19.5 Å². The quantitative estimate of drug-likeness (QED) is 0.576. The van der Waals surface area contributed by atoms with E-state index in [2.05, 4.69) is 0 Å². The Balaban J connectivity index is 0. The number of halogens is 2. The largest absolute Gasteiger partial charge is 0.147 e. The van der Waals surface area contributed by atoms with Crippen LogP contribution in [0.25, 0.3) is 0 Å². The second-order valence-corrected chi connectivity index (χ2v) is 0. The van der Waals surface area contributed by atoms with Crippen LogP contribution in [0.3, 0.4) is 0 Å². The summed E-state index contributed by atoms with van der Waals surface area (Å²) in [4.78, 5) is 0. The van der Waals surface area contributed by atoms with Crippen LogP contribution in [0.5, 0.6) is 0 Å². The van der Waals surface area contributed by atoms with Gasteiger partial charge >= 0.3 is 0 Å². The van der Waals surface area contributed by atoms with Gasteiger partial charge in [0.1, 0.15) is 0 Å². The van der Waals surface area contributed by atoms with E-state index in [0.717, 1.165) is 0 Å². The molecular formula is H2Cl2LaZn. The van der Waals surface area contributed by atoms with Crippen molar-refractivity contribution < 1.29 is 55.1 Å². The van der Waals surface area contributed by atoms with Gasteiger partial charge in [0.15, 0.2) is 0 Å². The van der Waals surface area contributed by atoms with Gasteiger partial charge in [-0.3, -0.25) is 0 Å². The molecule has 21 valence electrons. The minimum Gasteiger partial charge on any atom is -0.147 e. The summed E-state index contributed by atoms with van der Waals surface area (Å²) in [5.41, 5.74) is 0. The minimum atomic E-state index is 0. The zero-order valence-electron chi connectivity index (χ0n) is 2.10. The first-order valence-corrected chi connectivity index (χ1v) is 0. The third-order valence-corrected chi connectivity index (χ3v) is 0. The first-order valence-electron chi connectivity index (χ1n) is 0. The van der Waals surface area contributed by atoms with Crippen LogP contribution < -0.4 is 0 Å². The van der Waals surface area contributed by atoms with E-state index in [1.54, 1.807) is 0 Å². The molecule has 0 aliphatic rings. The van der Waals surface area contributed by atoms with Gasteiger partial charge in [0.05, 0.1) is 0 Å². The Labute approximate surface area is 78.7 Å². The average molecular weight is 277 g/mol. The van der Waals surface area contributed by atoms with Gasteiger partial charge in [-0.05, 0) is 0 Å². The van der Waals surface area contributed by atoms with Crippen LogP contribution >= 0.6 is 24.8 Å². The van der Waals surface area contributed by atoms with Crippen molar-refractivity contribution in [2.45, 2.75) is 0 Å². The van der Waals surface area contributed by atoms with Crippen molar-refractivity contribution in [3.8, 4) is 0 Å². The van der Waals surface area contributed by atoms with Crippen LogP contribution in [0.2, 0.25) is 0 Å². The maximum absolute atomic E-state index is 0. The number of hydrogen-bond donors (Lipinski definition) is 0. The van der Waals surface area contributed by atoms with Crippen LogP contribution in [0, 0.1) is 35.6 Å². The fourth-order valence-electron chi connectivity index (χ4n) is 0. The summed E-state index contributed by atoms with van der Waals surface area (Å²) in [6.07, 6.45) is 0. The molecule has 0 amide bonds. The Morgan fingerprint density at radius 2 is 0.750 bits per heavy atom. The van der Waals surface area contributed by atoms with Crippen LogP contribution in [-0.4, -0.2) is 0 Å². The Morgan fingerprint density at radius 3 is 0.750 bits per heavy atom. The summed E-state index contributed by atoms with van der Waals surface area (Å²) in [5, 5.41) is 0. The van der Waals surface area contributed by atoms with Crippen molar-refractivity contribution in [3.63, 3.8) is 0 Å². The summed E-state index contributed by atoms with van der Waals surface area (Å²) in [6.45, 7) is 0. The van der Waals surface area contributed by atoms with Crippen LogP contribution in [0.4, 0.5) is 0 Å². The molecule has 0 rings (SSSR count). The molecule has 4 heteroatoms. The van der Waals surface area contributed by atoms with Crippen molar-refractivity contribution >= 4 is 24.8 Å². The molecule has 1 radical (unpaired) electrons. The molecule has 0 fully saturated rings. The molecule has 0 aliphatic carbocycles. The zero-order valence-corrected chi connectivity index (χ0v) is 10.3. The Bertz CT molecular complexity index is 6.00. The summed E-state index contributed by atoms with van der Waals surface area (Å²) < 4.78 is 0. The van der Waals surface area contributed by atoms with Gasteiger partial charge in [-0.1, -0.05) is 0 Å². The van der Waals surface area contributed by atoms with E-state index in [1.807, 2.05) is 0 Å². The van der Waals surface area contributed by atoms with E-state index in [1.165, 1.54) is 0 Å². The molecule has 0 unspecified atom stereocenters. The van der Waals surface area contributed by atoms with E-state index in [-0.39, 0.29) is 79.9 Å². The SMILES string of the molecule is Cl.Cl.[La].[Zn]. The number of rotatable bonds is 0. The molecule has 0 spiro atoms. The van der Waals surface area contributed by atoms with E-state index in [4.69, 9.17) is 0 Å². The first kappa shape index (κ1) is 32.4. The van der Waals surface area contributed by atoms with Gasteiger partial charge in [0.25, 0.3) is 0 Å². The Kier molecular flexibility index (Phi) is 147. The Hall–Kier alpha value is 2.40. The van der Waals surface area contributed by atoms with Crippen molar-refractivity contribution in [3.05, 3.63) is 0 Å². The first-order chi connectivity index (χ1) is 0. The Morgan fingerprint density at radius 1 is 0.750 bits per heavy atom. The molecule has 0 nitrogen and oxygen atoms in total. The molecule has 0 bridgehead atoms. The van der Waals surface area contributed by atoms with Crippen molar-refractivity contribution in [1.29, 1.82) is 0 Å². The summed E-state index contributed by atoms with van der Waals surface area (Å²) >= 11 is 0. The molecule has 0 aliphatic heterocycles. The van der Waals surface area contributed by atoms with Crippen molar-refractivity contribution in [1.82, 2.24) is 0 Å². The average Bonchev–Trinajstić information content (AvgIpc) is 0. The standard InChI is InChI=1S/2ClH.La.Zn/h2*1H;;. The summed E-state index contributed by atoms with van der Waals surface area (Å²) in [5.74, 6) is 0. The molecule has 4 heavy (non-hydrogen) atoms. The zero-order chi connectivity index (χ0) is 0. The van der Waals surface area contributed by atoms with E-state index < -0.39 is 0 Å². The van der Waals surface area contributed by atoms with E-state index in [0.29, 0.717) is 0 Å². The van der Waals surface area contributed by atoms with Gasteiger partial charge in [0, 0.05) is 55.1 Å². The molecule has 0 N–H and O–H groups in total. The molecule has 0 atom stereocenters. The van der Waals surface area contributed by atoms with Crippen LogP contribution in [0.15, 0.2) is 0 Å². The molecule has 0 aromatic carbocycles. The number of hydrogen-bond acceptors (Lipinski definition) is 0. The van der Waals surface area contributed by atoms with E-state index >= 15 is 0 Å². The van der Waals surface area contributed by atoms with Gasteiger partial charge in [-0.15, -0.1) is 24.8 Å². The fraction of sp³-hybridized carbons (Fsp3) is 0. The van der Waals surface area contributed by atoms with Gasteiger partial charge in [-0.25, -0.2) is 0 Å². The molecule has 0 saturated heterocycles. The smallest absolute Gasteiger partial charge is 0 e. The molecule has 0 aromatic rings. The van der Waals surface area contributed by atoms with Gasteiger partial charge < -0.3 is 0 Å². The minimum absolute atomic E-state index is 0. The fourth-order valence-corrected chi connectivity index (χ4v) is 0. The van der Waals surface area contributed by atoms with Crippen molar-refractivity contribution in [2.24, 2.45) is 0 Å². The predicted molar refractivity (Wildman–Crippen MR) is 14.5 cm³/mol. The van der Waals surface area contributed by atoms with Crippen LogP contribution in [0.1, 0.15) is 0 Å². The third-order valence-electron chi connectivity index (χ3n) is 0. The topological polar surface area (TPSA) is 0 Å². The second-order valence-electron chi connectivity index (χ2n) is 0.